The number of ether oxygens (including phenoxy) is 1. The van der Waals surface area contributed by atoms with E-state index in [4.69, 9.17) is 4.74 Å². The Hall–Kier alpha value is -2.18. The number of carbonyl (C=O) groups is 1. The lowest BCUT2D eigenvalue weighted by atomic mass is 10.3. The fourth-order valence-electron chi connectivity index (χ4n) is 1.40. The monoisotopic (exact) mass is 270 g/mol. The Morgan fingerprint density at radius 1 is 1.53 bits per heavy atom. The molecule has 0 unspecified atom stereocenters. The van der Waals surface area contributed by atoms with Crippen LogP contribution in [-0.4, -0.2) is 23.5 Å². The molecule has 6 nitrogen and oxygen atoms in total. The number of nitro benzene ring substituents is 1. The van der Waals surface area contributed by atoms with Gasteiger partial charge in [-0.25, -0.2) is 4.39 Å². The van der Waals surface area contributed by atoms with E-state index >= 15 is 0 Å². The number of hydrogen-bond donors (Lipinski definition) is 1. The molecule has 1 aromatic rings. The Kier molecular flexibility index (Phi) is 5.23. The van der Waals surface area contributed by atoms with E-state index in [0.29, 0.717) is 0 Å². The number of nitrogens with zero attached hydrogens (tertiary/aromatic N) is 1. The largest absolute Gasteiger partial charge is 0.486 e. The van der Waals surface area contributed by atoms with Gasteiger partial charge in [-0.1, -0.05) is 0 Å². The quantitative estimate of drug-likeness (QED) is 0.633. The summed E-state index contributed by atoms with van der Waals surface area (Å²) in [5.74, 6) is -1.04. The molecule has 0 atom stereocenters. The van der Waals surface area contributed by atoms with Crippen LogP contribution in [0.15, 0.2) is 18.2 Å². The third kappa shape index (κ3) is 4.90. The van der Waals surface area contributed by atoms with Crippen LogP contribution in [0.2, 0.25) is 0 Å². The topological polar surface area (TPSA) is 81.5 Å². The summed E-state index contributed by atoms with van der Waals surface area (Å²) in [6, 6.07) is 2.95. The molecule has 0 radical (unpaired) electrons. The van der Waals surface area contributed by atoms with Gasteiger partial charge in [0.15, 0.2) is 5.75 Å². The molecular formula is C12H15FN2O4. The molecule has 1 aromatic carbocycles. The molecule has 0 aromatic heterocycles. The van der Waals surface area contributed by atoms with Gasteiger partial charge in [0.25, 0.3) is 0 Å². The number of benzene rings is 1. The second kappa shape index (κ2) is 6.67. The van der Waals surface area contributed by atoms with Gasteiger partial charge in [-0.3, -0.25) is 14.9 Å². The van der Waals surface area contributed by atoms with Crippen LogP contribution in [0.4, 0.5) is 10.1 Å². The number of halogens is 1. The highest BCUT2D eigenvalue weighted by molar-refractivity contribution is 5.76. The molecule has 0 fully saturated rings. The number of nitrogens with one attached hydrogen (secondary N) is 1. The van der Waals surface area contributed by atoms with Crippen LogP contribution in [0, 0.1) is 15.9 Å². The van der Waals surface area contributed by atoms with Gasteiger partial charge >= 0.3 is 5.69 Å². The Morgan fingerprint density at radius 3 is 2.79 bits per heavy atom. The van der Waals surface area contributed by atoms with Crippen molar-refractivity contribution in [2.24, 2.45) is 0 Å². The zero-order valence-corrected chi connectivity index (χ0v) is 10.7. The van der Waals surface area contributed by atoms with E-state index in [2.05, 4.69) is 5.32 Å². The van der Waals surface area contributed by atoms with Crippen molar-refractivity contribution in [3.63, 3.8) is 0 Å². The first-order valence-corrected chi connectivity index (χ1v) is 5.76. The molecule has 0 bridgehead atoms. The van der Waals surface area contributed by atoms with Crippen molar-refractivity contribution in [3.8, 4) is 5.75 Å². The standard InChI is InChI=1S/C12H15FN2O4/c1-8(2)14-12(16)5-6-19-11-7-9(13)3-4-10(11)15(17)18/h3-4,7-8H,5-6H2,1-2H3,(H,14,16). The maximum Gasteiger partial charge on any atom is 0.311 e. The number of rotatable bonds is 6. The second-order valence-electron chi connectivity index (χ2n) is 4.19. The summed E-state index contributed by atoms with van der Waals surface area (Å²) in [6.07, 6.45) is 0.0475. The van der Waals surface area contributed by atoms with Gasteiger partial charge in [-0.15, -0.1) is 0 Å². The Balaban J connectivity index is 2.60. The molecule has 0 aliphatic carbocycles. The van der Waals surface area contributed by atoms with Gasteiger partial charge in [0, 0.05) is 18.2 Å². The third-order valence-corrected chi connectivity index (χ3v) is 2.15. The third-order valence-electron chi connectivity index (χ3n) is 2.15. The zero-order valence-electron chi connectivity index (χ0n) is 10.7. The van der Waals surface area contributed by atoms with Crippen molar-refractivity contribution in [1.29, 1.82) is 0 Å². The van der Waals surface area contributed by atoms with Gasteiger partial charge in [0.1, 0.15) is 5.82 Å². The summed E-state index contributed by atoms with van der Waals surface area (Å²) < 4.78 is 18.1. The lowest BCUT2D eigenvalue weighted by Gasteiger charge is -2.09. The van der Waals surface area contributed by atoms with Crippen molar-refractivity contribution in [3.05, 3.63) is 34.1 Å². The second-order valence-corrected chi connectivity index (χ2v) is 4.19. The lowest BCUT2D eigenvalue weighted by molar-refractivity contribution is -0.385. The minimum absolute atomic E-state index is 0.0102. The summed E-state index contributed by atoms with van der Waals surface area (Å²) in [4.78, 5) is 21.4. The molecule has 0 spiro atoms. The van der Waals surface area contributed by atoms with Crippen molar-refractivity contribution < 1.29 is 18.8 Å². The molecule has 0 heterocycles. The number of carbonyl (C=O) groups excluding carboxylic acids is 1. The fourth-order valence-corrected chi connectivity index (χ4v) is 1.40. The molecule has 0 aliphatic heterocycles. The molecule has 104 valence electrons. The van der Waals surface area contributed by atoms with Crippen molar-refractivity contribution in [2.45, 2.75) is 26.3 Å². The Bertz CT molecular complexity index is 477. The molecular weight excluding hydrogens is 255 g/mol. The van der Waals surface area contributed by atoms with Gasteiger partial charge in [-0.05, 0) is 19.9 Å². The predicted octanol–water partition coefficient (Wildman–Crippen LogP) is 2.03. The van der Waals surface area contributed by atoms with E-state index in [-0.39, 0.29) is 36.4 Å². The fraction of sp³-hybridized carbons (Fsp3) is 0.417. The Labute approximate surface area is 109 Å². The molecule has 0 saturated heterocycles. The van der Waals surface area contributed by atoms with Crippen molar-refractivity contribution in [1.82, 2.24) is 5.32 Å². The van der Waals surface area contributed by atoms with Crippen LogP contribution in [0.25, 0.3) is 0 Å². The van der Waals surface area contributed by atoms with E-state index in [9.17, 15) is 19.3 Å². The summed E-state index contributed by atoms with van der Waals surface area (Å²) in [5, 5.41) is 13.4. The summed E-state index contributed by atoms with van der Waals surface area (Å²) >= 11 is 0. The normalized spacial score (nSPS) is 10.3. The minimum atomic E-state index is -0.664. The van der Waals surface area contributed by atoms with Crippen LogP contribution in [0.5, 0.6) is 5.75 Å². The Morgan fingerprint density at radius 2 is 2.21 bits per heavy atom. The molecule has 1 rings (SSSR count). The molecule has 0 aliphatic rings. The first-order chi connectivity index (χ1) is 8.90. The van der Waals surface area contributed by atoms with E-state index < -0.39 is 10.7 Å². The van der Waals surface area contributed by atoms with E-state index in [1.807, 2.05) is 13.8 Å². The SMILES string of the molecule is CC(C)NC(=O)CCOc1cc(F)ccc1[N+](=O)[O-]. The van der Waals surface area contributed by atoms with E-state index in [1.165, 1.54) is 0 Å². The van der Waals surface area contributed by atoms with Crippen molar-refractivity contribution in [2.75, 3.05) is 6.61 Å². The minimum Gasteiger partial charge on any atom is -0.486 e. The highest BCUT2D eigenvalue weighted by atomic mass is 19.1. The van der Waals surface area contributed by atoms with E-state index in [1.54, 1.807) is 0 Å². The average molecular weight is 270 g/mol. The first-order valence-electron chi connectivity index (χ1n) is 5.76. The molecule has 19 heavy (non-hydrogen) atoms. The molecule has 7 heteroatoms. The zero-order chi connectivity index (χ0) is 14.4. The highest BCUT2D eigenvalue weighted by Gasteiger charge is 2.16. The maximum absolute atomic E-state index is 13.0. The summed E-state index contributed by atoms with van der Waals surface area (Å²) in [5.41, 5.74) is -0.328. The number of amides is 1. The first kappa shape index (κ1) is 14.9. The smallest absolute Gasteiger partial charge is 0.311 e. The maximum atomic E-state index is 13.0. The van der Waals surface area contributed by atoms with Crippen LogP contribution >= 0.6 is 0 Å². The average Bonchev–Trinajstić information content (AvgIpc) is 2.27. The van der Waals surface area contributed by atoms with Gasteiger partial charge in [0.05, 0.1) is 18.0 Å². The van der Waals surface area contributed by atoms with Gasteiger partial charge in [-0.2, -0.15) is 0 Å². The number of nitro groups is 1. The molecule has 0 saturated carbocycles. The highest BCUT2D eigenvalue weighted by Crippen LogP contribution is 2.27. The van der Waals surface area contributed by atoms with Crippen molar-refractivity contribution >= 4 is 11.6 Å². The van der Waals surface area contributed by atoms with Gasteiger partial charge in [0.2, 0.25) is 5.91 Å². The van der Waals surface area contributed by atoms with Crippen LogP contribution < -0.4 is 10.1 Å². The van der Waals surface area contributed by atoms with Crippen LogP contribution in [0.1, 0.15) is 20.3 Å². The summed E-state index contributed by atoms with van der Waals surface area (Å²) in [7, 11) is 0. The molecule has 1 N–H and O–H groups in total. The van der Waals surface area contributed by atoms with Crippen LogP contribution in [-0.2, 0) is 4.79 Å². The van der Waals surface area contributed by atoms with Gasteiger partial charge < -0.3 is 10.1 Å². The summed E-state index contributed by atoms with van der Waals surface area (Å²) in [6.45, 7) is 3.58. The van der Waals surface area contributed by atoms with Crippen LogP contribution in [0.3, 0.4) is 0 Å². The number of hydrogen-bond acceptors (Lipinski definition) is 4. The van der Waals surface area contributed by atoms with E-state index in [0.717, 1.165) is 18.2 Å². The predicted molar refractivity (Wildman–Crippen MR) is 66.4 cm³/mol. The lowest BCUT2D eigenvalue weighted by Crippen LogP contribution is -2.31. The molecule has 1 amide bonds.